The minimum Gasteiger partial charge on any atom is -0.489 e. The molecule has 0 atom stereocenters. The number of rotatable bonds is 8. The van der Waals surface area contributed by atoms with Crippen LogP contribution in [0.3, 0.4) is 0 Å². The second kappa shape index (κ2) is 8.34. The van der Waals surface area contributed by atoms with Crippen LogP contribution in [0.25, 0.3) is 11.1 Å². The number of carbonyl (C=O) groups is 1. The van der Waals surface area contributed by atoms with Crippen LogP contribution in [0.15, 0.2) is 59.0 Å². The number of benzene rings is 2. The lowest BCUT2D eigenvalue weighted by atomic mass is 10.1. The summed E-state index contributed by atoms with van der Waals surface area (Å²) in [6, 6.07) is 14.6. The highest BCUT2D eigenvalue weighted by Crippen LogP contribution is 2.26. The van der Waals surface area contributed by atoms with Crippen molar-refractivity contribution in [1.82, 2.24) is 0 Å². The summed E-state index contributed by atoms with van der Waals surface area (Å²) in [5.74, 6) is -0.511. The summed E-state index contributed by atoms with van der Waals surface area (Å²) in [5.41, 5.74) is 7.19. The van der Waals surface area contributed by atoms with Gasteiger partial charge in [-0.1, -0.05) is 24.3 Å². The lowest BCUT2D eigenvalue weighted by molar-refractivity contribution is -0.0498. The fraction of sp³-hybridized carbons (Fsp3) is 0.100. The summed E-state index contributed by atoms with van der Waals surface area (Å²) in [6.45, 7) is -2.89. The van der Waals surface area contributed by atoms with Crippen LogP contribution in [0.4, 0.5) is 8.78 Å². The molecule has 1 aromatic heterocycles. The van der Waals surface area contributed by atoms with Gasteiger partial charge in [-0.3, -0.25) is 9.59 Å². The molecular weight excluding hydrogens is 372 g/mol. The van der Waals surface area contributed by atoms with E-state index in [1.54, 1.807) is 42.7 Å². The molecule has 8 heteroatoms. The van der Waals surface area contributed by atoms with E-state index in [-0.39, 0.29) is 23.9 Å². The summed E-state index contributed by atoms with van der Waals surface area (Å²) in [6.07, 6.45) is 1.55. The highest BCUT2D eigenvalue weighted by molar-refractivity contribution is 5.92. The first-order chi connectivity index (χ1) is 13.5. The Hall–Kier alpha value is -3.68. The maximum absolute atomic E-state index is 12.2. The molecule has 3 aromatic rings. The summed E-state index contributed by atoms with van der Waals surface area (Å²) in [7, 11) is 0. The quantitative estimate of drug-likeness (QED) is 0.638. The Morgan fingerprint density at radius 2 is 1.61 bits per heavy atom. The standard InChI is InChI=1S/C20H14F2NO5/c21-20(22)28-16-7-3-13(4-8-16)12-1-5-15(6-2-12)26-11-14-9-17(10-24)27-18(14)19(23)25/h1-9,20H,11H2,(H2,23,25). The molecule has 28 heavy (non-hydrogen) atoms. The molecule has 0 aliphatic carbocycles. The monoisotopic (exact) mass is 386 g/mol. The van der Waals surface area contributed by atoms with Crippen molar-refractivity contribution in [2.45, 2.75) is 13.2 Å². The van der Waals surface area contributed by atoms with Gasteiger partial charge in [-0.2, -0.15) is 8.78 Å². The molecule has 143 valence electrons. The number of furan rings is 1. The van der Waals surface area contributed by atoms with Crippen LogP contribution in [0, 0.1) is 0 Å². The second-order valence-electron chi connectivity index (χ2n) is 5.65. The lowest BCUT2D eigenvalue weighted by Crippen LogP contribution is -2.12. The Bertz CT molecular complexity index is 965. The Morgan fingerprint density at radius 1 is 1.04 bits per heavy atom. The van der Waals surface area contributed by atoms with E-state index in [4.69, 9.17) is 14.9 Å². The van der Waals surface area contributed by atoms with Gasteiger partial charge < -0.3 is 19.6 Å². The van der Waals surface area contributed by atoms with Crippen molar-refractivity contribution >= 4 is 12.2 Å². The third-order valence-corrected chi connectivity index (χ3v) is 3.79. The molecule has 1 radical (unpaired) electrons. The molecule has 1 heterocycles. The average Bonchev–Trinajstić information content (AvgIpc) is 3.11. The molecule has 0 spiro atoms. The lowest BCUT2D eigenvalue weighted by Gasteiger charge is -2.08. The highest BCUT2D eigenvalue weighted by atomic mass is 19.3. The van der Waals surface area contributed by atoms with Crippen LogP contribution >= 0.6 is 0 Å². The van der Waals surface area contributed by atoms with Crippen LogP contribution in [0.1, 0.15) is 21.9 Å². The van der Waals surface area contributed by atoms with Crippen molar-refractivity contribution < 1.29 is 32.3 Å². The van der Waals surface area contributed by atoms with E-state index in [1.807, 2.05) is 0 Å². The molecule has 2 N–H and O–H groups in total. The van der Waals surface area contributed by atoms with Crippen molar-refractivity contribution in [3.63, 3.8) is 0 Å². The molecule has 0 aliphatic rings. The van der Waals surface area contributed by atoms with Gasteiger partial charge in [-0.15, -0.1) is 0 Å². The largest absolute Gasteiger partial charge is 0.489 e. The van der Waals surface area contributed by atoms with Gasteiger partial charge in [-0.05, 0) is 41.5 Å². The summed E-state index contributed by atoms with van der Waals surface area (Å²) < 4.78 is 39.3. The van der Waals surface area contributed by atoms with Gasteiger partial charge >= 0.3 is 6.61 Å². The Morgan fingerprint density at radius 3 is 2.11 bits per heavy atom. The molecule has 0 unspecified atom stereocenters. The molecular formula is C20H14F2NO5. The number of amides is 1. The third-order valence-electron chi connectivity index (χ3n) is 3.79. The molecule has 3 rings (SSSR count). The molecule has 1 amide bonds. The topological polar surface area (TPSA) is 91.8 Å². The summed E-state index contributed by atoms with van der Waals surface area (Å²) >= 11 is 0. The highest BCUT2D eigenvalue weighted by Gasteiger charge is 2.16. The minimum absolute atomic E-state index is 0.0253. The first-order valence-electron chi connectivity index (χ1n) is 8.05. The van der Waals surface area contributed by atoms with E-state index >= 15 is 0 Å². The van der Waals surface area contributed by atoms with Gasteiger partial charge in [0.15, 0.2) is 11.5 Å². The summed E-state index contributed by atoms with van der Waals surface area (Å²) in [5, 5.41) is 0. The van der Waals surface area contributed by atoms with Crippen LogP contribution in [0.5, 0.6) is 11.5 Å². The smallest absolute Gasteiger partial charge is 0.387 e. The average molecular weight is 386 g/mol. The molecule has 0 fully saturated rings. The first-order valence-corrected chi connectivity index (χ1v) is 8.05. The predicted octanol–water partition coefficient (Wildman–Crippen LogP) is 3.68. The van der Waals surface area contributed by atoms with E-state index in [2.05, 4.69) is 4.74 Å². The molecule has 0 saturated heterocycles. The van der Waals surface area contributed by atoms with Crippen molar-refractivity contribution in [3.8, 4) is 22.6 Å². The molecule has 0 saturated carbocycles. The SMILES string of the molecule is NC(=O)c1oc([C]=O)cc1COc1ccc(-c2ccc(OC(F)F)cc2)cc1. The van der Waals surface area contributed by atoms with Crippen molar-refractivity contribution in [3.05, 3.63) is 71.7 Å². The van der Waals surface area contributed by atoms with Crippen molar-refractivity contribution in [2.75, 3.05) is 0 Å². The molecule has 0 aliphatic heterocycles. The van der Waals surface area contributed by atoms with Gasteiger partial charge in [0, 0.05) is 5.56 Å². The van der Waals surface area contributed by atoms with E-state index in [0.717, 1.165) is 11.1 Å². The number of halogens is 2. The maximum Gasteiger partial charge on any atom is 0.387 e. The number of alkyl halides is 2. The Balaban J connectivity index is 1.67. The van der Waals surface area contributed by atoms with Crippen molar-refractivity contribution in [1.29, 1.82) is 0 Å². The number of hydrogen-bond donors (Lipinski definition) is 1. The zero-order valence-corrected chi connectivity index (χ0v) is 14.4. The van der Waals surface area contributed by atoms with Crippen LogP contribution in [0.2, 0.25) is 0 Å². The second-order valence-corrected chi connectivity index (χ2v) is 5.65. The van der Waals surface area contributed by atoms with E-state index in [0.29, 0.717) is 11.3 Å². The van der Waals surface area contributed by atoms with Gasteiger partial charge in [0.25, 0.3) is 12.2 Å². The molecule has 6 nitrogen and oxygen atoms in total. The van der Waals surface area contributed by atoms with Gasteiger partial charge in [0.1, 0.15) is 18.1 Å². The van der Waals surface area contributed by atoms with Gasteiger partial charge in [0.2, 0.25) is 0 Å². The number of nitrogens with two attached hydrogens (primary N) is 1. The zero-order chi connectivity index (χ0) is 20.1. The van der Waals surface area contributed by atoms with E-state index in [1.165, 1.54) is 18.2 Å². The van der Waals surface area contributed by atoms with E-state index in [9.17, 15) is 18.4 Å². The van der Waals surface area contributed by atoms with Gasteiger partial charge in [-0.25, -0.2) is 0 Å². The first kappa shape index (κ1) is 19.1. The fourth-order valence-corrected chi connectivity index (χ4v) is 2.53. The number of primary amides is 1. The molecule has 2 aromatic carbocycles. The van der Waals surface area contributed by atoms with E-state index < -0.39 is 12.5 Å². The zero-order valence-electron chi connectivity index (χ0n) is 14.4. The van der Waals surface area contributed by atoms with Crippen molar-refractivity contribution in [2.24, 2.45) is 5.73 Å². The Labute approximate surface area is 158 Å². The number of hydrogen-bond acceptors (Lipinski definition) is 5. The minimum atomic E-state index is -2.87. The fourth-order valence-electron chi connectivity index (χ4n) is 2.53. The van der Waals surface area contributed by atoms with Crippen LogP contribution in [-0.4, -0.2) is 18.8 Å². The number of carbonyl (C=O) groups excluding carboxylic acids is 2. The molecule has 0 bridgehead atoms. The Kier molecular flexibility index (Phi) is 5.69. The maximum atomic E-state index is 12.2. The number of ether oxygens (including phenoxy) is 2. The normalized spacial score (nSPS) is 10.7. The third kappa shape index (κ3) is 4.53. The van der Waals surface area contributed by atoms with Crippen LogP contribution in [-0.2, 0) is 11.4 Å². The van der Waals surface area contributed by atoms with Crippen LogP contribution < -0.4 is 15.2 Å². The summed E-state index contributed by atoms with van der Waals surface area (Å²) in [4.78, 5) is 22.0. The van der Waals surface area contributed by atoms with Gasteiger partial charge in [0.05, 0.1) is 0 Å². The predicted molar refractivity (Wildman–Crippen MR) is 94.9 cm³/mol.